The van der Waals surface area contributed by atoms with Gasteiger partial charge < -0.3 is 10.0 Å². The Morgan fingerprint density at radius 1 is 1.04 bits per heavy atom. The van der Waals surface area contributed by atoms with Gasteiger partial charge in [-0.05, 0) is 55.9 Å². The molecule has 2 aromatic carbocycles. The lowest BCUT2D eigenvalue weighted by Gasteiger charge is -2.36. The Morgan fingerprint density at radius 3 is 2.38 bits per heavy atom. The van der Waals surface area contributed by atoms with Crippen molar-refractivity contribution in [1.29, 1.82) is 0 Å². The lowest BCUT2D eigenvalue weighted by molar-refractivity contribution is -0.135. The van der Waals surface area contributed by atoms with Gasteiger partial charge in [0.15, 0.2) is 0 Å². The van der Waals surface area contributed by atoms with E-state index in [4.69, 9.17) is 5.11 Å². The van der Waals surface area contributed by atoms with Gasteiger partial charge in [0.1, 0.15) is 0 Å². The third-order valence-electron chi connectivity index (χ3n) is 5.11. The van der Waals surface area contributed by atoms with Crippen molar-refractivity contribution in [3.63, 3.8) is 0 Å². The molecule has 26 heavy (non-hydrogen) atoms. The van der Waals surface area contributed by atoms with Crippen molar-refractivity contribution in [2.45, 2.75) is 45.1 Å². The second-order valence-corrected chi connectivity index (χ2v) is 7.01. The lowest BCUT2D eigenvalue weighted by atomic mass is 9.94. The standard InChI is InChI=1S/C22H25NO3/c1-16-5-10-18(11-6-16)20-4-2-3-15-23(20)21(24)14-9-17-7-12-19(13-8-17)22(25)26/h5-8,10-13,20H,2-4,9,14-15H2,1H3,(H,25,26). The first-order valence-corrected chi connectivity index (χ1v) is 9.23. The Bertz CT molecular complexity index is 765. The highest BCUT2D eigenvalue weighted by Gasteiger charge is 2.27. The molecule has 1 heterocycles. The summed E-state index contributed by atoms with van der Waals surface area (Å²) in [5.41, 5.74) is 3.71. The molecule has 1 aliphatic heterocycles. The van der Waals surface area contributed by atoms with Crippen molar-refractivity contribution in [3.8, 4) is 0 Å². The Kier molecular flexibility index (Phi) is 5.71. The van der Waals surface area contributed by atoms with Gasteiger partial charge in [-0.25, -0.2) is 4.79 Å². The number of piperidine rings is 1. The van der Waals surface area contributed by atoms with E-state index >= 15 is 0 Å². The summed E-state index contributed by atoms with van der Waals surface area (Å²) < 4.78 is 0. The Hall–Kier alpha value is -2.62. The maximum Gasteiger partial charge on any atom is 0.335 e. The fraction of sp³-hybridized carbons (Fsp3) is 0.364. The van der Waals surface area contributed by atoms with Crippen molar-refractivity contribution in [1.82, 2.24) is 4.90 Å². The molecule has 1 atom stereocenters. The lowest BCUT2D eigenvalue weighted by Crippen LogP contribution is -2.38. The molecular weight excluding hydrogens is 326 g/mol. The van der Waals surface area contributed by atoms with Crippen molar-refractivity contribution < 1.29 is 14.7 Å². The monoisotopic (exact) mass is 351 g/mol. The molecule has 0 spiro atoms. The summed E-state index contributed by atoms with van der Waals surface area (Å²) in [7, 11) is 0. The van der Waals surface area contributed by atoms with Crippen molar-refractivity contribution in [2.24, 2.45) is 0 Å². The first kappa shape index (κ1) is 18.2. The topological polar surface area (TPSA) is 57.6 Å². The number of hydrogen-bond acceptors (Lipinski definition) is 2. The van der Waals surface area contributed by atoms with Crippen LogP contribution < -0.4 is 0 Å². The molecule has 0 radical (unpaired) electrons. The van der Waals surface area contributed by atoms with Crippen LogP contribution in [0.15, 0.2) is 48.5 Å². The van der Waals surface area contributed by atoms with Gasteiger partial charge in [-0.1, -0.05) is 42.0 Å². The van der Waals surface area contributed by atoms with E-state index in [1.54, 1.807) is 24.3 Å². The number of carbonyl (C=O) groups is 2. The number of hydrogen-bond donors (Lipinski definition) is 1. The summed E-state index contributed by atoms with van der Waals surface area (Å²) in [4.78, 5) is 25.8. The minimum atomic E-state index is -0.929. The van der Waals surface area contributed by atoms with E-state index < -0.39 is 5.97 Å². The van der Waals surface area contributed by atoms with E-state index in [0.717, 1.165) is 31.4 Å². The molecule has 0 saturated carbocycles. The zero-order valence-electron chi connectivity index (χ0n) is 15.1. The van der Waals surface area contributed by atoms with Gasteiger partial charge in [0.2, 0.25) is 5.91 Å². The molecule has 0 aliphatic carbocycles. The molecule has 1 saturated heterocycles. The van der Waals surface area contributed by atoms with Crippen LogP contribution in [-0.2, 0) is 11.2 Å². The first-order valence-electron chi connectivity index (χ1n) is 9.23. The maximum absolute atomic E-state index is 12.8. The smallest absolute Gasteiger partial charge is 0.335 e. The van der Waals surface area contributed by atoms with E-state index in [-0.39, 0.29) is 17.5 Å². The van der Waals surface area contributed by atoms with Gasteiger partial charge in [-0.2, -0.15) is 0 Å². The summed E-state index contributed by atoms with van der Waals surface area (Å²) in [6, 6.07) is 15.4. The van der Waals surface area contributed by atoms with Crippen LogP contribution in [0.5, 0.6) is 0 Å². The molecule has 1 aliphatic rings. The number of carboxylic acid groups (broad SMARTS) is 1. The van der Waals surface area contributed by atoms with E-state index in [1.165, 1.54) is 11.1 Å². The predicted molar refractivity (Wildman–Crippen MR) is 101 cm³/mol. The molecule has 4 heteroatoms. The number of carbonyl (C=O) groups excluding carboxylic acids is 1. The zero-order chi connectivity index (χ0) is 18.5. The highest BCUT2D eigenvalue weighted by Crippen LogP contribution is 2.31. The number of benzene rings is 2. The number of rotatable bonds is 5. The summed E-state index contributed by atoms with van der Waals surface area (Å²) in [5, 5.41) is 8.96. The Morgan fingerprint density at radius 2 is 1.73 bits per heavy atom. The van der Waals surface area contributed by atoms with Crippen molar-refractivity contribution in [2.75, 3.05) is 6.54 Å². The van der Waals surface area contributed by atoms with E-state index in [0.29, 0.717) is 12.8 Å². The number of carboxylic acids is 1. The largest absolute Gasteiger partial charge is 0.478 e. The molecule has 1 N–H and O–H groups in total. The minimum absolute atomic E-state index is 0.172. The Labute approximate surface area is 154 Å². The first-order chi connectivity index (χ1) is 12.5. The Balaban J connectivity index is 1.64. The van der Waals surface area contributed by atoms with Gasteiger partial charge in [0.05, 0.1) is 11.6 Å². The predicted octanol–water partition coefficient (Wildman–Crippen LogP) is 4.38. The van der Waals surface area contributed by atoms with E-state index in [1.807, 2.05) is 4.90 Å². The van der Waals surface area contributed by atoms with Gasteiger partial charge in [-0.15, -0.1) is 0 Å². The molecule has 2 aromatic rings. The van der Waals surface area contributed by atoms with Crippen LogP contribution in [0.2, 0.25) is 0 Å². The van der Waals surface area contributed by atoms with Gasteiger partial charge in [-0.3, -0.25) is 4.79 Å². The summed E-state index contributed by atoms with van der Waals surface area (Å²) in [6.07, 6.45) is 4.31. The van der Waals surface area contributed by atoms with Crippen LogP contribution in [0.1, 0.15) is 58.8 Å². The molecule has 4 nitrogen and oxygen atoms in total. The molecule has 3 rings (SSSR count). The highest BCUT2D eigenvalue weighted by atomic mass is 16.4. The van der Waals surface area contributed by atoms with Crippen molar-refractivity contribution >= 4 is 11.9 Å². The molecule has 0 aromatic heterocycles. The molecule has 1 fully saturated rings. The molecule has 136 valence electrons. The number of nitrogens with zero attached hydrogens (tertiary/aromatic N) is 1. The average molecular weight is 351 g/mol. The zero-order valence-corrected chi connectivity index (χ0v) is 15.1. The second-order valence-electron chi connectivity index (χ2n) is 7.01. The number of likely N-dealkylation sites (tertiary alicyclic amines) is 1. The third-order valence-corrected chi connectivity index (χ3v) is 5.11. The summed E-state index contributed by atoms with van der Waals surface area (Å²) in [6.45, 7) is 2.89. The number of amides is 1. The van der Waals surface area contributed by atoms with Crippen LogP contribution in [0.4, 0.5) is 0 Å². The normalized spacial score (nSPS) is 17.1. The van der Waals surface area contributed by atoms with E-state index in [9.17, 15) is 9.59 Å². The number of aryl methyl sites for hydroxylation is 2. The fourth-order valence-corrected chi connectivity index (χ4v) is 3.57. The molecule has 1 amide bonds. The molecule has 1 unspecified atom stereocenters. The summed E-state index contributed by atoms with van der Waals surface area (Å²) in [5.74, 6) is -0.750. The van der Waals surface area contributed by atoms with Crippen LogP contribution in [0, 0.1) is 6.92 Å². The van der Waals surface area contributed by atoms with Gasteiger partial charge in [0.25, 0.3) is 0 Å². The number of aromatic carboxylic acids is 1. The van der Waals surface area contributed by atoms with Crippen LogP contribution >= 0.6 is 0 Å². The minimum Gasteiger partial charge on any atom is -0.478 e. The third kappa shape index (κ3) is 4.31. The van der Waals surface area contributed by atoms with Crippen LogP contribution in [0.3, 0.4) is 0 Å². The second kappa shape index (κ2) is 8.17. The molecular formula is C22H25NO3. The van der Waals surface area contributed by atoms with Gasteiger partial charge >= 0.3 is 5.97 Å². The molecule has 0 bridgehead atoms. The van der Waals surface area contributed by atoms with Crippen molar-refractivity contribution in [3.05, 3.63) is 70.8 Å². The maximum atomic E-state index is 12.8. The average Bonchev–Trinajstić information content (AvgIpc) is 2.67. The van der Waals surface area contributed by atoms with Gasteiger partial charge in [0, 0.05) is 13.0 Å². The highest BCUT2D eigenvalue weighted by molar-refractivity contribution is 5.87. The SMILES string of the molecule is Cc1ccc(C2CCCCN2C(=O)CCc2ccc(C(=O)O)cc2)cc1. The summed E-state index contributed by atoms with van der Waals surface area (Å²) >= 11 is 0. The van der Waals surface area contributed by atoms with Crippen LogP contribution in [-0.4, -0.2) is 28.4 Å². The van der Waals surface area contributed by atoms with Crippen LogP contribution in [0.25, 0.3) is 0 Å². The quantitative estimate of drug-likeness (QED) is 0.870. The van der Waals surface area contributed by atoms with E-state index in [2.05, 4.69) is 31.2 Å². The fourth-order valence-electron chi connectivity index (χ4n) is 3.57.